The van der Waals surface area contributed by atoms with Gasteiger partial charge in [-0.05, 0) is 19.3 Å². The highest BCUT2D eigenvalue weighted by Gasteiger charge is 2.40. The van der Waals surface area contributed by atoms with E-state index in [0.29, 0.717) is 6.61 Å². The number of aliphatic hydroxyl groups excluding tert-OH is 3. The lowest BCUT2D eigenvalue weighted by atomic mass is 10.0. The van der Waals surface area contributed by atoms with Gasteiger partial charge in [0.15, 0.2) is 0 Å². The molecule has 1 fully saturated rings. The van der Waals surface area contributed by atoms with Crippen molar-refractivity contribution in [2.45, 2.75) is 121 Å². The zero-order chi connectivity index (χ0) is 21.2. The van der Waals surface area contributed by atoms with Crippen molar-refractivity contribution in [3.63, 3.8) is 0 Å². The summed E-state index contributed by atoms with van der Waals surface area (Å²) >= 11 is 0. The first kappa shape index (κ1) is 26.6. The molecule has 0 aromatic carbocycles. The van der Waals surface area contributed by atoms with Crippen LogP contribution >= 0.6 is 0 Å². The van der Waals surface area contributed by atoms with Crippen LogP contribution in [0.15, 0.2) is 12.2 Å². The molecule has 0 bridgehead atoms. The highest BCUT2D eigenvalue weighted by Crippen LogP contribution is 2.21. The summed E-state index contributed by atoms with van der Waals surface area (Å²) in [6.45, 7) is 2.50. The topological polar surface area (TPSA) is 79.2 Å². The SMILES string of the molecule is CCCCCCCCCCCCCC/C=C/CCO[C@@H]1[C@H]([C@H](O)CO)OC[C@@H]1O. The van der Waals surface area contributed by atoms with E-state index in [1.807, 2.05) is 0 Å². The van der Waals surface area contributed by atoms with E-state index < -0.39 is 31.0 Å². The Bertz CT molecular complexity index is 387. The number of hydrogen-bond acceptors (Lipinski definition) is 5. The first-order valence-corrected chi connectivity index (χ1v) is 12.1. The molecule has 1 saturated heterocycles. The molecule has 0 radical (unpaired) electrons. The zero-order valence-corrected chi connectivity index (χ0v) is 18.6. The average Bonchev–Trinajstić information content (AvgIpc) is 3.10. The van der Waals surface area contributed by atoms with Crippen LogP contribution in [0, 0.1) is 0 Å². The van der Waals surface area contributed by atoms with Gasteiger partial charge in [-0.3, -0.25) is 0 Å². The van der Waals surface area contributed by atoms with Crippen molar-refractivity contribution >= 4 is 0 Å². The normalized spacial score (nSPS) is 23.2. The number of allylic oxidation sites excluding steroid dienone is 1. The third-order valence-electron chi connectivity index (χ3n) is 5.71. The molecule has 0 saturated carbocycles. The van der Waals surface area contributed by atoms with Crippen molar-refractivity contribution in [1.29, 1.82) is 0 Å². The highest BCUT2D eigenvalue weighted by atomic mass is 16.6. The van der Waals surface area contributed by atoms with Crippen LogP contribution in [-0.4, -0.2) is 59.6 Å². The Kier molecular flexibility index (Phi) is 16.8. The summed E-state index contributed by atoms with van der Waals surface area (Å²) in [5, 5.41) is 28.6. The second kappa shape index (κ2) is 18.3. The summed E-state index contributed by atoms with van der Waals surface area (Å²) in [5.41, 5.74) is 0. The van der Waals surface area contributed by atoms with E-state index in [2.05, 4.69) is 19.1 Å². The largest absolute Gasteiger partial charge is 0.394 e. The van der Waals surface area contributed by atoms with Gasteiger partial charge in [0.1, 0.15) is 24.4 Å². The van der Waals surface area contributed by atoms with E-state index in [0.717, 1.165) is 12.8 Å². The minimum absolute atomic E-state index is 0.140. The Labute approximate surface area is 178 Å². The predicted octanol–water partition coefficient (Wildman–Crippen LogP) is 4.52. The van der Waals surface area contributed by atoms with Crippen molar-refractivity contribution in [2.24, 2.45) is 0 Å². The van der Waals surface area contributed by atoms with Gasteiger partial charge in [-0.1, -0.05) is 89.7 Å². The smallest absolute Gasteiger partial charge is 0.114 e. The molecule has 5 heteroatoms. The van der Waals surface area contributed by atoms with Gasteiger partial charge in [0.25, 0.3) is 0 Å². The van der Waals surface area contributed by atoms with Gasteiger partial charge in [0, 0.05) is 0 Å². The molecule has 4 atom stereocenters. The third kappa shape index (κ3) is 12.7. The molecule has 0 unspecified atom stereocenters. The molecular formula is C24H46O5. The van der Waals surface area contributed by atoms with Gasteiger partial charge in [0.2, 0.25) is 0 Å². The van der Waals surface area contributed by atoms with Gasteiger partial charge in [-0.15, -0.1) is 0 Å². The number of rotatable bonds is 19. The van der Waals surface area contributed by atoms with Gasteiger partial charge in [-0.2, -0.15) is 0 Å². The average molecular weight is 415 g/mol. The summed E-state index contributed by atoms with van der Waals surface area (Å²) in [6, 6.07) is 0. The Morgan fingerprint density at radius 2 is 1.45 bits per heavy atom. The number of ether oxygens (including phenoxy) is 2. The van der Waals surface area contributed by atoms with Crippen LogP contribution in [0.5, 0.6) is 0 Å². The van der Waals surface area contributed by atoms with Crippen molar-refractivity contribution in [3.8, 4) is 0 Å². The second-order valence-corrected chi connectivity index (χ2v) is 8.39. The quantitative estimate of drug-likeness (QED) is 0.214. The molecule has 29 heavy (non-hydrogen) atoms. The van der Waals surface area contributed by atoms with Gasteiger partial charge in [0.05, 0.1) is 19.8 Å². The zero-order valence-electron chi connectivity index (χ0n) is 18.6. The minimum atomic E-state index is -1.02. The molecular weight excluding hydrogens is 368 g/mol. The van der Waals surface area contributed by atoms with E-state index in [1.54, 1.807) is 0 Å². The van der Waals surface area contributed by atoms with E-state index in [1.165, 1.54) is 77.0 Å². The van der Waals surface area contributed by atoms with Crippen LogP contribution in [-0.2, 0) is 9.47 Å². The fraction of sp³-hybridized carbons (Fsp3) is 0.917. The maximum Gasteiger partial charge on any atom is 0.114 e. The van der Waals surface area contributed by atoms with Crippen LogP contribution in [0.4, 0.5) is 0 Å². The minimum Gasteiger partial charge on any atom is -0.394 e. The molecule has 0 aromatic heterocycles. The summed E-state index contributed by atoms with van der Waals surface area (Å²) in [6.07, 6.45) is 19.7. The van der Waals surface area contributed by atoms with Crippen molar-refractivity contribution in [2.75, 3.05) is 19.8 Å². The third-order valence-corrected chi connectivity index (χ3v) is 5.71. The van der Waals surface area contributed by atoms with Gasteiger partial charge < -0.3 is 24.8 Å². The Morgan fingerprint density at radius 3 is 2.03 bits per heavy atom. The molecule has 0 amide bonds. The first-order chi connectivity index (χ1) is 14.2. The molecule has 3 N–H and O–H groups in total. The second-order valence-electron chi connectivity index (χ2n) is 8.39. The number of aliphatic hydroxyl groups is 3. The lowest BCUT2D eigenvalue weighted by molar-refractivity contribution is -0.0924. The van der Waals surface area contributed by atoms with E-state index >= 15 is 0 Å². The summed E-state index contributed by atoms with van der Waals surface area (Å²) in [7, 11) is 0. The molecule has 5 nitrogen and oxygen atoms in total. The Balaban J connectivity index is 1.88. The molecule has 1 rings (SSSR count). The molecule has 0 spiro atoms. The fourth-order valence-corrected chi connectivity index (χ4v) is 3.87. The monoisotopic (exact) mass is 414 g/mol. The predicted molar refractivity (Wildman–Crippen MR) is 118 cm³/mol. The van der Waals surface area contributed by atoms with Crippen molar-refractivity contribution < 1.29 is 24.8 Å². The lowest BCUT2D eigenvalue weighted by Gasteiger charge is -2.23. The van der Waals surface area contributed by atoms with Crippen molar-refractivity contribution in [3.05, 3.63) is 12.2 Å². The van der Waals surface area contributed by atoms with Crippen LogP contribution in [0.3, 0.4) is 0 Å². The van der Waals surface area contributed by atoms with Gasteiger partial charge in [-0.25, -0.2) is 0 Å². The lowest BCUT2D eigenvalue weighted by Crippen LogP contribution is -2.42. The fourth-order valence-electron chi connectivity index (χ4n) is 3.87. The maximum absolute atomic E-state index is 9.88. The van der Waals surface area contributed by atoms with E-state index in [9.17, 15) is 10.2 Å². The molecule has 0 aliphatic carbocycles. The Morgan fingerprint density at radius 1 is 0.897 bits per heavy atom. The summed E-state index contributed by atoms with van der Waals surface area (Å²) < 4.78 is 11.0. The standard InChI is InChI=1S/C24H46O5/c1-2-3-4-5-6-7-8-9-10-11-12-13-14-15-16-17-18-28-24-22(27)20-29-23(24)21(26)19-25/h15-16,21-27H,2-14,17-20H2,1H3/b16-15+/t21-,22+,23+,24+/m1/s1. The molecule has 0 aromatic rings. The van der Waals surface area contributed by atoms with Gasteiger partial charge >= 0.3 is 0 Å². The number of unbranched alkanes of at least 4 members (excludes halogenated alkanes) is 12. The first-order valence-electron chi connectivity index (χ1n) is 12.1. The molecule has 172 valence electrons. The van der Waals surface area contributed by atoms with Crippen LogP contribution < -0.4 is 0 Å². The van der Waals surface area contributed by atoms with E-state index in [-0.39, 0.29) is 6.61 Å². The Hall–Kier alpha value is -0.460. The van der Waals surface area contributed by atoms with Crippen LogP contribution in [0.25, 0.3) is 0 Å². The van der Waals surface area contributed by atoms with Crippen molar-refractivity contribution in [1.82, 2.24) is 0 Å². The highest BCUT2D eigenvalue weighted by molar-refractivity contribution is 4.89. The molecule has 1 heterocycles. The van der Waals surface area contributed by atoms with E-state index in [4.69, 9.17) is 14.6 Å². The maximum atomic E-state index is 9.88. The molecule has 1 aliphatic heterocycles. The molecule has 1 aliphatic rings. The van der Waals surface area contributed by atoms with Crippen LogP contribution in [0.2, 0.25) is 0 Å². The summed E-state index contributed by atoms with van der Waals surface area (Å²) in [4.78, 5) is 0. The number of hydrogen-bond donors (Lipinski definition) is 3. The summed E-state index contributed by atoms with van der Waals surface area (Å²) in [5.74, 6) is 0. The van der Waals surface area contributed by atoms with Crippen LogP contribution in [0.1, 0.15) is 96.8 Å².